The maximum Gasteiger partial charge on any atom is 0.336 e. The molecule has 0 radical (unpaired) electrons. The molecule has 35 heavy (non-hydrogen) atoms. The number of ether oxygens (including phenoxy) is 4. The molecule has 0 saturated carbocycles. The van der Waals surface area contributed by atoms with Crippen molar-refractivity contribution in [1.82, 2.24) is 0 Å². The first-order valence-electron chi connectivity index (χ1n) is 11.1. The predicted molar refractivity (Wildman–Crippen MR) is 133 cm³/mol. The first-order chi connectivity index (χ1) is 16.9. The van der Waals surface area contributed by atoms with Gasteiger partial charge in [-0.3, -0.25) is 4.79 Å². The van der Waals surface area contributed by atoms with Gasteiger partial charge in [-0.25, -0.2) is 4.79 Å². The standard InChI is InChI=1S/C28H28O7/c1-4-34-27(29)14-7-19-5-10-22(11-6-19)35-23-12-8-21(9-13-23)26(28(30)31)17-20-15-24(32-2)18-25(16-20)33-3/h5-6,8-13,15-18H,4,7,14H2,1-3H3,(H,30,31)/b26-17+. The number of carbonyl (C=O) groups is 2. The van der Waals surface area contributed by atoms with Crippen molar-refractivity contribution in [2.45, 2.75) is 19.8 Å². The molecule has 3 aromatic rings. The summed E-state index contributed by atoms with van der Waals surface area (Å²) in [5, 5.41) is 9.79. The number of methoxy groups -OCH3 is 2. The third-order valence-corrected chi connectivity index (χ3v) is 5.16. The molecule has 0 aliphatic heterocycles. The molecular formula is C28H28O7. The molecule has 0 aliphatic rings. The average Bonchev–Trinajstić information content (AvgIpc) is 2.87. The number of benzene rings is 3. The second-order valence-corrected chi connectivity index (χ2v) is 7.58. The molecule has 0 unspecified atom stereocenters. The molecule has 0 atom stereocenters. The molecule has 0 amide bonds. The number of esters is 1. The fourth-order valence-corrected chi connectivity index (χ4v) is 3.39. The molecule has 0 spiro atoms. The van der Waals surface area contributed by atoms with Crippen molar-refractivity contribution in [2.75, 3.05) is 20.8 Å². The van der Waals surface area contributed by atoms with Crippen molar-refractivity contribution in [2.24, 2.45) is 0 Å². The van der Waals surface area contributed by atoms with E-state index in [0.29, 0.717) is 53.6 Å². The quantitative estimate of drug-likeness (QED) is 0.218. The van der Waals surface area contributed by atoms with Gasteiger partial charge in [-0.1, -0.05) is 24.3 Å². The maximum atomic E-state index is 12.0. The lowest BCUT2D eigenvalue weighted by molar-refractivity contribution is -0.143. The Labute approximate surface area is 204 Å². The Kier molecular flexibility index (Phi) is 8.89. The minimum absolute atomic E-state index is 0.123. The van der Waals surface area contributed by atoms with E-state index in [1.165, 1.54) is 14.2 Å². The third kappa shape index (κ3) is 7.37. The first kappa shape index (κ1) is 25.4. The largest absolute Gasteiger partial charge is 0.497 e. The molecule has 0 fully saturated rings. The van der Waals surface area contributed by atoms with Crippen LogP contribution in [-0.2, 0) is 20.7 Å². The number of aliphatic carboxylic acids is 1. The smallest absolute Gasteiger partial charge is 0.336 e. The van der Waals surface area contributed by atoms with Gasteiger partial charge in [-0.05, 0) is 72.5 Å². The lowest BCUT2D eigenvalue weighted by Crippen LogP contribution is -2.05. The van der Waals surface area contributed by atoms with E-state index in [4.69, 9.17) is 18.9 Å². The molecule has 182 valence electrons. The third-order valence-electron chi connectivity index (χ3n) is 5.16. The van der Waals surface area contributed by atoms with Gasteiger partial charge in [-0.15, -0.1) is 0 Å². The highest BCUT2D eigenvalue weighted by atomic mass is 16.5. The van der Waals surface area contributed by atoms with Crippen LogP contribution in [0.25, 0.3) is 11.6 Å². The summed E-state index contributed by atoms with van der Waals surface area (Å²) in [6.45, 7) is 2.16. The molecular weight excluding hydrogens is 448 g/mol. The van der Waals surface area contributed by atoms with Crippen LogP contribution in [0.15, 0.2) is 66.7 Å². The van der Waals surface area contributed by atoms with Crippen LogP contribution in [0.3, 0.4) is 0 Å². The molecule has 7 nitrogen and oxygen atoms in total. The minimum Gasteiger partial charge on any atom is -0.497 e. The van der Waals surface area contributed by atoms with Gasteiger partial charge in [-0.2, -0.15) is 0 Å². The highest BCUT2D eigenvalue weighted by Gasteiger charge is 2.12. The van der Waals surface area contributed by atoms with Crippen molar-refractivity contribution in [3.63, 3.8) is 0 Å². The number of rotatable bonds is 11. The summed E-state index contributed by atoms with van der Waals surface area (Å²) in [7, 11) is 3.08. The molecule has 1 N–H and O–H groups in total. The van der Waals surface area contributed by atoms with Crippen molar-refractivity contribution in [3.8, 4) is 23.0 Å². The van der Waals surface area contributed by atoms with E-state index < -0.39 is 5.97 Å². The van der Waals surface area contributed by atoms with Crippen LogP contribution in [-0.4, -0.2) is 37.9 Å². The second-order valence-electron chi connectivity index (χ2n) is 7.58. The summed E-state index contributed by atoms with van der Waals surface area (Å²) >= 11 is 0. The van der Waals surface area contributed by atoms with Gasteiger partial charge in [0.05, 0.1) is 26.4 Å². The molecule has 0 saturated heterocycles. The number of carbonyl (C=O) groups excluding carboxylic acids is 1. The molecule has 0 heterocycles. The van der Waals surface area contributed by atoms with Gasteiger partial charge >= 0.3 is 11.9 Å². The summed E-state index contributed by atoms with van der Waals surface area (Å²) in [5.41, 5.74) is 2.30. The van der Waals surface area contributed by atoms with Crippen LogP contribution >= 0.6 is 0 Å². The van der Waals surface area contributed by atoms with Gasteiger partial charge < -0.3 is 24.1 Å². The van der Waals surface area contributed by atoms with E-state index in [0.717, 1.165) is 5.56 Å². The fraction of sp³-hybridized carbons (Fsp3) is 0.214. The summed E-state index contributed by atoms with van der Waals surface area (Å²) in [6.07, 6.45) is 2.49. The highest BCUT2D eigenvalue weighted by molar-refractivity contribution is 6.20. The van der Waals surface area contributed by atoms with E-state index in [-0.39, 0.29) is 11.5 Å². The molecule has 0 aromatic heterocycles. The van der Waals surface area contributed by atoms with Gasteiger partial charge in [0, 0.05) is 12.5 Å². The second kappa shape index (κ2) is 12.3. The Morgan fingerprint density at radius 3 is 1.91 bits per heavy atom. The minimum atomic E-state index is -1.06. The SMILES string of the molecule is CCOC(=O)CCc1ccc(Oc2ccc(/C(=C\c3cc(OC)cc(OC)c3)C(=O)O)cc2)cc1. The predicted octanol–water partition coefficient (Wildman–Crippen LogP) is 5.62. The molecule has 3 aromatic carbocycles. The lowest BCUT2D eigenvalue weighted by Gasteiger charge is -2.10. The van der Waals surface area contributed by atoms with Crippen LogP contribution in [0.4, 0.5) is 0 Å². The van der Waals surface area contributed by atoms with Gasteiger partial charge in [0.2, 0.25) is 0 Å². The zero-order valence-corrected chi connectivity index (χ0v) is 19.9. The topological polar surface area (TPSA) is 91.3 Å². The zero-order valence-electron chi connectivity index (χ0n) is 19.9. The van der Waals surface area contributed by atoms with Crippen LogP contribution in [0.5, 0.6) is 23.0 Å². The number of aryl methyl sites for hydroxylation is 1. The van der Waals surface area contributed by atoms with Gasteiger partial charge in [0.1, 0.15) is 23.0 Å². The van der Waals surface area contributed by atoms with Crippen LogP contribution in [0, 0.1) is 0 Å². The van der Waals surface area contributed by atoms with Crippen molar-refractivity contribution in [3.05, 3.63) is 83.4 Å². The fourth-order valence-electron chi connectivity index (χ4n) is 3.39. The Bertz CT molecular complexity index is 1160. The van der Waals surface area contributed by atoms with Gasteiger partial charge in [0.15, 0.2) is 0 Å². The number of hydrogen-bond acceptors (Lipinski definition) is 6. The first-order valence-corrected chi connectivity index (χ1v) is 11.1. The molecule has 0 aliphatic carbocycles. The van der Waals surface area contributed by atoms with Crippen molar-refractivity contribution < 1.29 is 33.6 Å². The Morgan fingerprint density at radius 1 is 0.829 bits per heavy atom. The van der Waals surface area contributed by atoms with E-state index in [9.17, 15) is 14.7 Å². The summed E-state index contributed by atoms with van der Waals surface area (Å²) in [5.74, 6) is 1.06. The van der Waals surface area contributed by atoms with E-state index in [1.807, 2.05) is 24.3 Å². The van der Waals surface area contributed by atoms with E-state index >= 15 is 0 Å². The van der Waals surface area contributed by atoms with E-state index in [1.54, 1.807) is 55.5 Å². The average molecular weight is 477 g/mol. The molecule has 0 bridgehead atoms. The van der Waals surface area contributed by atoms with Crippen molar-refractivity contribution in [1.29, 1.82) is 0 Å². The summed E-state index contributed by atoms with van der Waals surface area (Å²) in [4.78, 5) is 23.5. The Hall–Kier alpha value is -4.26. The molecule has 7 heteroatoms. The van der Waals surface area contributed by atoms with Crippen LogP contribution in [0.2, 0.25) is 0 Å². The van der Waals surface area contributed by atoms with Crippen LogP contribution in [0.1, 0.15) is 30.0 Å². The summed E-state index contributed by atoms with van der Waals surface area (Å²) < 4.78 is 21.4. The normalized spacial score (nSPS) is 11.0. The maximum absolute atomic E-state index is 12.0. The molecule has 3 rings (SSSR count). The number of hydrogen-bond donors (Lipinski definition) is 1. The number of carboxylic acids is 1. The lowest BCUT2D eigenvalue weighted by atomic mass is 10.0. The Balaban J connectivity index is 1.72. The monoisotopic (exact) mass is 476 g/mol. The summed E-state index contributed by atoms with van der Waals surface area (Å²) in [6, 6.07) is 19.5. The van der Waals surface area contributed by atoms with Gasteiger partial charge in [0.25, 0.3) is 0 Å². The highest BCUT2D eigenvalue weighted by Crippen LogP contribution is 2.28. The van der Waals surface area contributed by atoms with E-state index in [2.05, 4.69) is 0 Å². The zero-order chi connectivity index (χ0) is 25.2. The van der Waals surface area contributed by atoms with Crippen LogP contribution < -0.4 is 14.2 Å². The number of carboxylic acid groups (broad SMARTS) is 1. The Morgan fingerprint density at radius 2 is 1.40 bits per heavy atom. The van der Waals surface area contributed by atoms with Crippen molar-refractivity contribution >= 4 is 23.6 Å².